The number of benzene rings is 2. The summed E-state index contributed by atoms with van der Waals surface area (Å²) in [6.45, 7) is 1.96. The van der Waals surface area contributed by atoms with Gasteiger partial charge in [-0.1, -0.05) is 29.8 Å². The van der Waals surface area contributed by atoms with Crippen LogP contribution in [-0.4, -0.2) is 54.2 Å². The summed E-state index contributed by atoms with van der Waals surface area (Å²) in [6, 6.07) is 11.2. The third kappa shape index (κ3) is 4.99. The van der Waals surface area contributed by atoms with Crippen molar-refractivity contribution in [2.24, 2.45) is 9.39 Å². The van der Waals surface area contributed by atoms with E-state index in [9.17, 15) is 18.0 Å². The minimum absolute atomic E-state index is 0.00249. The summed E-state index contributed by atoms with van der Waals surface area (Å²) in [5.41, 5.74) is 0.480. The lowest BCUT2D eigenvalue weighted by Gasteiger charge is -2.24. The van der Waals surface area contributed by atoms with E-state index in [0.717, 1.165) is 11.2 Å². The Balaban J connectivity index is 1.71. The Hall–Kier alpha value is -3.48. The average molecular weight is 533 g/mol. The molecule has 0 saturated heterocycles. The molecule has 2 heterocycles. The van der Waals surface area contributed by atoms with Gasteiger partial charge in [0.25, 0.3) is 5.91 Å². The molecule has 0 aliphatic carbocycles. The third-order valence-corrected chi connectivity index (χ3v) is 6.71. The minimum atomic E-state index is -3.78. The van der Waals surface area contributed by atoms with Gasteiger partial charge in [0.15, 0.2) is 11.5 Å². The number of aliphatic imine (C=N–C) groups is 1. The van der Waals surface area contributed by atoms with Crippen molar-refractivity contribution in [3.05, 3.63) is 64.2 Å². The quantitative estimate of drug-likeness (QED) is 0.267. The van der Waals surface area contributed by atoms with Gasteiger partial charge in [0, 0.05) is 6.26 Å². The molecule has 0 aromatic heterocycles. The van der Waals surface area contributed by atoms with Crippen LogP contribution in [-0.2, 0) is 14.6 Å². The Bertz CT molecular complexity index is 1450. The number of carbonyl (C=O) groups is 2. The molecule has 35 heavy (non-hydrogen) atoms. The van der Waals surface area contributed by atoms with Crippen molar-refractivity contribution < 1.29 is 27.5 Å². The summed E-state index contributed by atoms with van der Waals surface area (Å²) in [4.78, 5) is 30.0. The standard InChI is InChI=1S/C22H17ClN4O6S2/c1-3-32-16-11-12(10-15(23)17(16)33-20(29)13-7-5-4-6-8-13)9-14-18(24)27-21(25-19(14)28)34-26-22(27)35(2,30)31/h4-11,24H,3H2,1-2H3/b14-9-,24-18?. The summed E-state index contributed by atoms with van der Waals surface area (Å²) >= 11 is 7.10. The lowest BCUT2D eigenvalue weighted by atomic mass is 10.1. The minimum Gasteiger partial charge on any atom is -0.490 e. The van der Waals surface area contributed by atoms with Gasteiger partial charge in [0.2, 0.25) is 20.2 Å². The van der Waals surface area contributed by atoms with Crippen molar-refractivity contribution in [1.82, 2.24) is 4.90 Å². The molecule has 4 rings (SSSR count). The number of hydrogen-bond donors (Lipinski definition) is 1. The molecule has 2 aromatic rings. The van der Waals surface area contributed by atoms with Crippen molar-refractivity contribution in [3.8, 4) is 11.5 Å². The maximum atomic E-state index is 12.6. The summed E-state index contributed by atoms with van der Waals surface area (Å²) in [7, 11) is -3.78. The zero-order valence-electron chi connectivity index (χ0n) is 18.3. The predicted molar refractivity (Wildman–Crippen MR) is 134 cm³/mol. The average Bonchev–Trinajstić information content (AvgIpc) is 3.24. The summed E-state index contributed by atoms with van der Waals surface area (Å²) in [5.74, 6) is -1.64. The molecule has 10 nitrogen and oxygen atoms in total. The number of nitrogens with one attached hydrogen (secondary N) is 1. The third-order valence-electron chi connectivity index (χ3n) is 4.67. The van der Waals surface area contributed by atoms with Gasteiger partial charge in [-0.05, 0) is 42.8 Å². The molecule has 180 valence electrons. The van der Waals surface area contributed by atoms with Crippen LogP contribution in [0.5, 0.6) is 11.5 Å². The van der Waals surface area contributed by atoms with Gasteiger partial charge in [0.05, 0.1) is 34.7 Å². The van der Waals surface area contributed by atoms with Crippen LogP contribution in [0.4, 0.5) is 0 Å². The second-order valence-corrected chi connectivity index (χ2v) is 10.2. The van der Waals surface area contributed by atoms with Crippen molar-refractivity contribution in [2.75, 3.05) is 12.9 Å². The van der Waals surface area contributed by atoms with E-state index in [0.29, 0.717) is 23.1 Å². The smallest absolute Gasteiger partial charge is 0.343 e. The molecule has 0 saturated carbocycles. The molecule has 1 N–H and O–H groups in total. The van der Waals surface area contributed by atoms with Crippen LogP contribution in [0.1, 0.15) is 22.8 Å². The number of nitrogens with zero attached hydrogens (tertiary/aromatic N) is 3. The fourth-order valence-corrected chi connectivity index (χ4v) is 5.27. The predicted octanol–water partition coefficient (Wildman–Crippen LogP) is 3.58. The zero-order valence-corrected chi connectivity index (χ0v) is 20.7. The van der Waals surface area contributed by atoms with Crippen LogP contribution < -0.4 is 9.47 Å². The van der Waals surface area contributed by atoms with Crippen LogP contribution >= 0.6 is 23.5 Å². The number of hydrogen-bond acceptors (Lipinski definition) is 9. The number of carbonyl (C=O) groups excluding carboxylic acids is 2. The van der Waals surface area contributed by atoms with Gasteiger partial charge in [-0.2, -0.15) is 9.39 Å². The maximum absolute atomic E-state index is 12.6. The van der Waals surface area contributed by atoms with Crippen molar-refractivity contribution in [3.63, 3.8) is 0 Å². The molecular formula is C22H17ClN4O6S2. The first-order valence-electron chi connectivity index (χ1n) is 10.0. The first-order chi connectivity index (χ1) is 16.6. The van der Waals surface area contributed by atoms with E-state index in [2.05, 4.69) is 9.39 Å². The normalized spacial score (nSPS) is 16.7. The summed E-state index contributed by atoms with van der Waals surface area (Å²) in [6.07, 6.45) is 2.27. The fraction of sp³-hybridized carbons (Fsp3) is 0.136. The van der Waals surface area contributed by atoms with Crippen LogP contribution in [0.15, 0.2) is 57.4 Å². The molecule has 0 spiro atoms. The first-order valence-corrected chi connectivity index (χ1v) is 13.1. The highest BCUT2D eigenvalue weighted by Gasteiger charge is 2.41. The Morgan fingerprint density at radius 2 is 1.97 bits per heavy atom. The lowest BCUT2D eigenvalue weighted by Crippen LogP contribution is -2.45. The molecule has 1 amide bonds. The number of halogens is 1. The number of esters is 1. The maximum Gasteiger partial charge on any atom is 0.343 e. The Labute approximate surface area is 209 Å². The number of amidine groups is 3. The van der Waals surface area contributed by atoms with Crippen LogP contribution in [0.3, 0.4) is 0 Å². The van der Waals surface area contributed by atoms with Crippen molar-refractivity contribution in [1.29, 1.82) is 5.41 Å². The largest absolute Gasteiger partial charge is 0.490 e. The Kier molecular flexibility index (Phi) is 6.79. The SMILES string of the molecule is CCOc1cc(/C=C2/C(=N)N3C(=NC2=O)SN=C3S(C)(=O)=O)cc(Cl)c1OC(=O)c1ccccc1. The number of amides is 1. The second-order valence-electron chi connectivity index (χ2n) is 7.20. The van der Waals surface area contributed by atoms with Crippen LogP contribution in [0.2, 0.25) is 5.02 Å². The lowest BCUT2D eigenvalue weighted by molar-refractivity contribution is -0.114. The number of sulfone groups is 1. The summed E-state index contributed by atoms with van der Waals surface area (Å²) in [5, 5.41) is 8.07. The van der Waals surface area contributed by atoms with E-state index in [-0.39, 0.29) is 39.0 Å². The molecular weight excluding hydrogens is 516 g/mol. The molecule has 13 heteroatoms. The zero-order chi connectivity index (χ0) is 25.3. The molecule has 0 radical (unpaired) electrons. The molecule has 0 atom stereocenters. The van der Waals surface area contributed by atoms with Crippen molar-refractivity contribution in [2.45, 2.75) is 6.92 Å². The molecule has 2 aliphatic heterocycles. The van der Waals surface area contributed by atoms with E-state index in [4.69, 9.17) is 26.5 Å². The van der Waals surface area contributed by atoms with E-state index in [1.165, 1.54) is 18.2 Å². The fourth-order valence-electron chi connectivity index (χ4n) is 3.16. The molecule has 2 aromatic carbocycles. The van der Waals surface area contributed by atoms with Gasteiger partial charge in [0.1, 0.15) is 5.84 Å². The number of rotatable bonds is 5. The monoisotopic (exact) mass is 532 g/mol. The van der Waals surface area contributed by atoms with Gasteiger partial charge >= 0.3 is 5.97 Å². The summed E-state index contributed by atoms with van der Waals surface area (Å²) < 4.78 is 39.0. The molecule has 0 bridgehead atoms. The van der Waals surface area contributed by atoms with E-state index in [1.54, 1.807) is 37.3 Å². The second kappa shape index (κ2) is 9.64. The highest BCUT2D eigenvalue weighted by Crippen LogP contribution is 2.38. The van der Waals surface area contributed by atoms with Crippen molar-refractivity contribution >= 4 is 67.5 Å². The number of fused-ring (bicyclic) bond motifs is 1. The molecule has 0 fully saturated rings. The van der Waals surface area contributed by atoms with Gasteiger partial charge < -0.3 is 9.47 Å². The highest BCUT2D eigenvalue weighted by molar-refractivity contribution is 8.16. The highest BCUT2D eigenvalue weighted by atomic mass is 35.5. The first kappa shape index (κ1) is 24.6. The van der Waals surface area contributed by atoms with Gasteiger partial charge in [-0.15, -0.1) is 0 Å². The van der Waals surface area contributed by atoms with E-state index in [1.807, 2.05) is 0 Å². The van der Waals surface area contributed by atoms with Gasteiger partial charge in [-0.3, -0.25) is 10.2 Å². The van der Waals surface area contributed by atoms with E-state index >= 15 is 0 Å². The Morgan fingerprint density at radius 3 is 2.63 bits per heavy atom. The van der Waals surface area contributed by atoms with Crippen LogP contribution in [0, 0.1) is 5.41 Å². The van der Waals surface area contributed by atoms with E-state index < -0.39 is 27.5 Å². The Morgan fingerprint density at radius 1 is 1.26 bits per heavy atom. The number of ether oxygens (including phenoxy) is 2. The molecule has 0 unspecified atom stereocenters. The van der Waals surface area contributed by atoms with Gasteiger partial charge in [-0.25, -0.2) is 18.1 Å². The topological polar surface area (TPSA) is 139 Å². The van der Waals surface area contributed by atoms with Crippen LogP contribution in [0.25, 0.3) is 6.08 Å². The molecule has 2 aliphatic rings.